The molecule has 1 aromatic heterocycles. The van der Waals surface area contributed by atoms with Gasteiger partial charge in [0.2, 0.25) is 5.91 Å². The van der Waals surface area contributed by atoms with Crippen molar-refractivity contribution in [3.8, 4) is 17.1 Å². The van der Waals surface area contributed by atoms with Crippen molar-refractivity contribution in [3.63, 3.8) is 0 Å². The summed E-state index contributed by atoms with van der Waals surface area (Å²) in [5, 5.41) is 12.6. The molecule has 1 N–H and O–H groups in total. The van der Waals surface area contributed by atoms with Crippen molar-refractivity contribution in [3.05, 3.63) is 60.7 Å². The number of benzene rings is 2. The predicted molar refractivity (Wildman–Crippen MR) is 135 cm³/mol. The second kappa shape index (κ2) is 12.0. The van der Waals surface area contributed by atoms with Crippen molar-refractivity contribution in [2.45, 2.75) is 37.8 Å². The van der Waals surface area contributed by atoms with Gasteiger partial charge in [0, 0.05) is 17.8 Å². The molecule has 1 aliphatic heterocycles. The smallest absolute Gasteiger partial charge is 0.230 e. The lowest BCUT2D eigenvalue weighted by molar-refractivity contribution is -0.118. The maximum atomic E-state index is 12.4. The topological polar surface area (TPSA) is 63.1 Å². The average molecular weight is 464 g/mol. The van der Waals surface area contributed by atoms with Crippen LogP contribution >= 0.6 is 11.8 Å². The number of aromatic nitrogens is 3. The SMILES string of the molecule is CC1CCN(CCCCNC(=O)CSc2nnc(-c3ccccc3)n2-c2ccccc2)CC1. The first kappa shape index (κ1) is 23.5. The first-order valence-corrected chi connectivity index (χ1v) is 12.9. The number of unbranched alkanes of at least 4 members (excludes halogenated alkanes) is 1. The minimum absolute atomic E-state index is 0.0377. The van der Waals surface area contributed by atoms with Gasteiger partial charge in [0.25, 0.3) is 0 Å². The molecular weight excluding hydrogens is 430 g/mol. The highest BCUT2D eigenvalue weighted by Gasteiger charge is 2.17. The number of carbonyl (C=O) groups is 1. The Kier molecular flexibility index (Phi) is 8.55. The lowest BCUT2D eigenvalue weighted by Gasteiger charge is -2.30. The van der Waals surface area contributed by atoms with Crippen molar-refractivity contribution in [2.75, 3.05) is 31.9 Å². The van der Waals surface area contributed by atoms with E-state index in [1.165, 1.54) is 37.7 Å². The number of amides is 1. The molecule has 7 heteroatoms. The van der Waals surface area contributed by atoms with Gasteiger partial charge in [-0.25, -0.2) is 0 Å². The van der Waals surface area contributed by atoms with Crippen molar-refractivity contribution in [1.29, 1.82) is 0 Å². The Morgan fingerprint density at radius 3 is 2.42 bits per heavy atom. The molecule has 4 rings (SSSR count). The zero-order chi connectivity index (χ0) is 22.9. The van der Waals surface area contributed by atoms with Gasteiger partial charge in [-0.05, 0) is 63.4 Å². The normalized spacial score (nSPS) is 14.9. The quantitative estimate of drug-likeness (QED) is 0.350. The Hall–Kier alpha value is -2.64. The second-order valence-corrected chi connectivity index (χ2v) is 9.66. The van der Waals surface area contributed by atoms with E-state index in [2.05, 4.69) is 27.3 Å². The molecule has 3 aromatic rings. The van der Waals surface area contributed by atoms with E-state index >= 15 is 0 Å². The summed E-state index contributed by atoms with van der Waals surface area (Å²) in [7, 11) is 0. The van der Waals surface area contributed by atoms with E-state index in [9.17, 15) is 4.79 Å². The van der Waals surface area contributed by atoms with Gasteiger partial charge >= 0.3 is 0 Å². The predicted octanol–water partition coefficient (Wildman–Crippen LogP) is 4.65. The summed E-state index contributed by atoms with van der Waals surface area (Å²) in [5.74, 6) is 2.01. The van der Waals surface area contributed by atoms with E-state index in [-0.39, 0.29) is 5.91 Å². The van der Waals surface area contributed by atoms with Crippen LogP contribution in [0.3, 0.4) is 0 Å². The highest BCUT2D eigenvalue weighted by Crippen LogP contribution is 2.27. The first-order valence-electron chi connectivity index (χ1n) is 11.9. The molecule has 2 aromatic carbocycles. The van der Waals surface area contributed by atoms with Crippen LogP contribution in [0.4, 0.5) is 0 Å². The van der Waals surface area contributed by atoms with Gasteiger partial charge in [-0.3, -0.25) is 9.36 Å². The zero-order valence-electron chi connectivity index (χ0n) is 19.3. The van der Waals surface area contributed by atoms with Crippen LogP contribution in [0.5, 0.6) is 0 Å². The molecule has 1 amide bonds. The molecule has 0 spiro atoms. The molecule has 0 radical (unpaired) electrons. The molecule has 1 saturated heterocycles. The summed E-state index contributed by atoms with van der Waals surface area (Å²) in [4.78, 5) is 15.0. The summed E-state index contributed by atoms with van der Waals surface area (Å²) in [5.41, 5.74) is 1.98. The lowest BCUT2D eigenvalue weighted by Crippen LogP contribution is -2.34. The molecule has 33 heavy (non-hydrogen) atoms. The third kappa shape index (κ3) is 6.68. The molecule has 0 aliphatic carbocycles. The summed E-state index contributed by atoms with van der Waals surface area (Å²) < 4.78 is 2.02. The van der Waals surface area contributed by atoms with E-state index < -0.39 is 0 Å². The molecule has 0 atom stereocenters. The average Bonchev–Trinajstić information content (AvgIpc) is 3.29. The van der Waals surface area contributed by atoms with Crippen LogP contribution in [-0.4, -0.2) is 57.5 Å². The van der Waals surface area contributed by atoms with E-state index in [1.807, 2.05) is 65.2 Å². The van der Waals surface area contributed by atoms with Gasteiger partial charge in [-0.15, -0.1) is 10.2 Å². The zero-order valence-corrected chi connectivity index (χ0v) is 20.1. The first-order chi connectivity index (χ1) is 16.2. The highest BCUT2D eigenvalue weighted by atomic mass is 32.2. The molecule has 0 saturated carbocycles. The van der Waals surface area contributed by atoms with Gasteiger partial charge in [0.05, 0.1) is 5.75 Å². The Morgan fingerprint density at radius 2 is 1.70 bits per heavy atom. The Balaban J connectivity index is 1.28. The third-order valence-electron chi connectivity index (χ3n) is 6.11. The van der Waals surface area contributed by atoms with Crippen LogP contribution in [0.2, 0.25) is 0 Å². The number of hydrogen-bond donors (Lipinski definition) is 1. The minimum atomic E-state index is 0.0377. The fourth-order valence-corrected chi connectivity index (χ4v) is 4.88. The highest BCUT2D eigenvalue weighted by molar-refractivity contribution is 7.99. The number of piperidine rings is 1. The molecule has 174 valence electrons. The van der Waals surface area contributed by atoms with Gasteiger partial charge < -0.3 is 10.2 Å². The third-order valence-corrected chi connectivity index (χ3v) is 7.04. The molecule has 0 bridgehead atoms. The molecular formula is C26H33N5OS. The number of likely N-dealkylation sites (tertiary alicyclic amines) is 1. The number of hydrogen-bond acceptors (Lipinski definition) is 5. The fourth-order valence-electron chi connectivity index (χ4n) is 4.10. The van der Waals surface area contributed by atoms with Gasteiger partial charge in [0.15, 0.2) is 11.0 Å². The number of nitrogens with one attached hydrogen (secondary N) is 1. The maximum absolute atomic E-state index is 12.4. The Labute approximate surface area is 200 Å². The monoisotopic (exact) mass is 463 g/mol. The van der Waals surface area contributed by atoms with Crippen LogP contribution in [0, 0.1) is 5.92 Å². The number of para-hydroxylation sites is 1. The molecule has 0 unspecified atom stereocenters. The molecule has 6 nitrogen and oxygen atoms in total. The fraction of sp³-hybridized carbons (Fsp3) is 0.423. The standard InChI is InChI=1S/C26H33N5OS/c1-21-14-18-30(19-15-21)17-9-8-16-27-24(32)20-33-26-29-28-25(22-10-4-2-5-11-22)31(26)23-12-6-3-7-13-23/h2-7,10-13,21H,8-9,14-20H2,1H3,(H,27,32). The number of nitrogens with zero attached hydrogens (tertiary/aromatic N) is 4. The summed E-state index contributed by atoms with van der Waals surface area (Å²) >= 11 is 1.42. The van der Waals surface area contributed by atoms with Crippen LogP contribution in [0.1, 0.15) is 32.6 Å². The van der Waals surface area contributed by atoms with Crippen LogP contribution in [0.25, 0.3) is 17.1 Å². The van der Waals surface area contributed by atoms with E-state index in [0.717, 1.165) is 54.1 Å². The van der Waals surface area contributed by atoms with E-state index in [4.69, 9.17) is 0 Å². The molecule has 1 aliphatic rings. The van der Waals surface area contributed by atoms with Crippen molar-refractivity contribution >= 4 is 17.7 Å². The second-order valence-electron chi connectivity index (χ2n) is 8.71. The summed E-state index contributed by atoms with van der Waals surface area (Å²) in [6, 6.07) is 20.1. The number of thioether (sulfide) groups is 1. The number of carbonyl (C=O) groups excluding carboxylic acids is 1. The van der Waals surface area contributed by atoms with Crippen LogP contribution < -0.4 is 5.32 Å². The van der Waals surface area contributed by atoms with Crippen LogP contribution in [0.15, 0.2) is 65.8 Å². The largest absolute Gasteiger partial charge is 0.355 e. The molecule has 1 fully saturated rings. The van der Waals surface area contributed by atoms with Crippen molar-refractivity contribution < 1.29 is 4.79 Å². The van der Waals surface area contributed by atoms with E-state index in [1.54, 1.807) is 0 Å². The minimum Gasteiger partial charge on any atom is -0.355 e. The van der Waals surface area contributed by atoms with Gasteiger partial charge in [0.1, 0.15) is 0 Å². The Bertz CT molecular complexity index is 1000. The van der Waals surface area contributed by atoms with Crippen LogP contribution in [-0.2, 0) is 4.79 Å². The lowest BCUT2D eigenvalue weighted by atomic mass is 9.99. The Morgan fingerprint density at radius 1 is 1.00 bits per heavy atom. The summed E-state index contributed by atoms with van der Waals surface area (Å²) in [6.45, 7) is 6.65. The van der Waals surface area contributed by atoms with Gasteiger partial charge in [-0.1, -0.05) is 67.2 Å². The molecule has 2 heterocycles. The maximum Gasteiger partial charge on any atom is 0.230 e. The van der Waals surface area contributed by atoms with E-state index in [0.29, 0.717) is 5.75 Å². The summed E-state index contributed by atoms with van der Waals surface area (Å²) in [6.07, 6.45) is 4.77. The van der Waals surface area contributed by atoms with Gasteiger partial charge in [-0.2, -0.15) is 0 Å². The number of rotatable bonds is 10. The van der Waals surface area contributed by atoms with Crippen molar-refractivity contribution in [2.24, 2.45) is 5.92 Å². The van der Waals surface area contributed by atoms with Crippen molar-refractivity contribution in [1.82, 2.24) is 25.0 Å².